The Kier molecular flexibility index (Phi) is 6.60. The summed E-state index contributed by atoms with van der Waals surface area (Å²) in [6.07, 6.45) is 2.44. The lowest BCUT2D eigenvalue weighted by Gasteiger charge is -2.20. The van der Waals surface area contributed by atoms with Crippen LogP contribution in [0.3, 0.4) is 0 Å². The summed E-state index contributed by atoms with van der Waals surface area (Å²) in [5, 5.41) is 0. The molecule has 0 fully saturated rings. The third kappa shape index (κ3) is 5.17. The molecule has 27 heavy (non-hydrogen) atoms. The van der Waals surface area contributed by atoms with Crippen molar-refractivity contribution < 1.29 is 9.53 Å². The fraction of sp³-hybridized carbons (Fsp3) is 0.182. The number of amides is 1. The standard InChI is InChI=1S/C22H21BrN2O2/c1-2-25(21-13-12-19(23)15-24-21)22(26)16-27-20-11-7-6-10-18(20)14-17-8-4-3-5-9-17/h3-13,15H,2,14,16H2,1H3. The first kappa shape index (κ1) is 19.1. The number of benzene rings is 2. The number of rotatable bonds is 7. The zero-order valence-corrected chi connectivity index (χ0v) is 16.7. The van der Waals surface area contributed by atoms with Gasteiger partial charge in [-0.05, 0) is 52.2 Å². The van der Waals surface area contributed by atoms with Gasteiger partial charge in [-0.25, -0.2) is 4.98 Å². The second kappa shape index (κ2) is 9.33. The van der Waals surface area contributed by atoms with Crippen LogP contribution in [-0.2, 0) is 11.2 Å². The van der Waals surface area contributed by atoms with Gasteiger partial charge in [-0.3, -0.25) is 9.69 Å². The summed E-state index contributed by atoms with van der Waals surface area (Å²) < 4.78 is 6.75. The lowest BCUT2D eigenvalue weighted by molar-refractivity contribution is -0.120. The third-order valence-corrected chi connectivity index (χ3v) is 4.64. The van der Waals surface area contributed by atoms with Crippen LogP contribution in [0.2, 0.25) is 0 Å². The first-order chi connectivity index (χ1) is 13.2. The number of nitrogens with zero attached hydrogens (tertiary/aromatic N) is 2. The number of pyridine rings is 1. The highest BCUT2D eigenvalue weighted by atomic mass is 79.9. The van der Waals surface area contributed by atoms with Crippen LogP contribution in [0.5, 0.6) is 5.75 Å². The summed E-state index contributed by atoms with van der Waals surface area (Å²) in [5.74, 6) is 1.23. The maximum absolute atomic E-state index is 12.7. The molecule has 1 amide bonds. The molecular weight excluding hydrogens is 404 g/mol. The minimum atomic E-state index is -0.123. The molecule has 0 unspecified atom stereocenters. The highest BCUT2D eigenvalue weighted by molar-refractivity contribution is 9.10. The highest BCUT2D eigenvalue weighted by Gasteiger charge is 2.16. The van der Waals surface area contributed by atoms with Crippen LogP contribution in [0.1, 0.15) is 18.1 Å². The van der Waals surface area contributed by atoms with Crippen LogP contribution in [-0.4, -0.2) is 24.0 Å². The topological polar surface area (TPSA) is 42.4 Å². The molecule has 0 radical (unpaired) electrons. The molecule has 2 aromatic carbocycles. The second-order valence-electron chi connectivity index (χ2n) is 6.03. The fourth-order valence-corrected chi connectivity index (χ4v) is 3.05. The zero-order chi connectivity index (χ0) is 19.1. The molecule has 3 aromatic rings. The molecule has 0 spiro atoms. The van der Waals surface area contributed by atoms with Crippen molar-refractivity contribution in [3.63, 3.8) is 0 Å². The van der Waals surface area contributed by atoms with Crippen LogP contribution in [0.25, 0.3) is 0 Å². The molecule has 0 aliphatic rings. The Morgan fingerprint density at radius 3 is 2.48 bits per heavy atom. The second-order valence-corrected chi connectivity index (χ2v) is 6.95. The predicted octanol–water partition coefficient (Wildman–Crippen LogP) is 4.87. The van der Waals surface area contributed by atoms with Crippen LogP contribution < -0.4 is 9.64 Å². The number of para-hydroxylation sites is 1. The van der Waals surface area contributed by atoms with E-state index in [2.05, 4.69) is 33.0 Å². The smallest absolute Gasteiger partial charge is 0.266 e. The summed E-state index contributed by atoms with van der Waals surface area (Å²) in [4.78, 5) is 18.6. The van der Waals surface area contributed by atoms with Crippen molar-refractivity contribution in [2.24, 2.45) is 0 Å². The van der Waals surface area contributed by atoms with E-state index in [1.807, 2.05) is 61.5 Å². The molecule has 0 saturated heterocycles. The van der Waals surface area contributed by atoms with Crippen LogP contribution in [0, 0.1) is 0 Å². The van der Waals surface area contributed by atoms with Gasteiger partial charge in [0.05, 0.1) is 0 Å². The molecule has 138 valence electrons. The molecule has 1 heterocycles. The van der Waals surface area contributed by atoms with Crippen molar-refractivity contribution >= 4 is 27.7 Å². The lowest BCUT2D eigenvalue weighted by Crippen LogP contribution is -2.35. The Labute approximate surface area is 167 Å². The summed E-state index contributed by atoms with van der Waals surface area (Å²) >= 11 is 3.36. The maximum Gasteiger partial charge on any atom is 0.266 e. The number of ether oxygens (including phenoxy) is 1. The van der Waals surface area contributed by atoms with Gasteiger partial charge in [-0.2, -0.15) is 0 Å². The van der Waals surface area contributed by atoms with Crippen molar-refractivity contribution in [3.05, 3.63) is 88.5 Å². The number of halogens is 1. The van der Waals surface area contributed by atoms with E-state index in [-0.39, 0.29) is 12.5 Å². The minimum Gasteiger partial charge on any atom is -0.483 e. The Bertz CT molecular complexity index is 882. The van der Waals surface area contributed by atoms with Gasteiger partial charge in [0.15, 0.2) is 6.61 Å². The van der Waals surface area contributed by atoms with Gasteiger partial charge < -0.3 is 4.74 Å². The average molecular weight is 425 g/mol. The third-order valence-electron chi connectivity index (χ3n) is 4.17. The zero-order valence-electron chi connectivity index (χ0n) is 15.1. The van der Waals surface area contributed by atoms with E-state index < -0.39 is 0 Å². The summed E-state index contributed by atoms with van der Waals surface area (Å²) in [5.41, 5.74) is 2.26. The van der Waals surface area contributed by atoms with Crippen molar-refractivity contribution in [3.8, 4) is 5.75 Å². The van der Waals surface area contributed by atoms with Gasteiger partial charge in [0.25, 0.3) is 5.91 Å². The lowest BCUT2D eigenvalue weighted by atomic mass is 10.0. The Hall–Kier alpha value is -2.66. The van der Waals surface area contributed by atoms with Gasteiger partial charge in [-0.15, -0.1) is 0 Å². The van der Waals surface area contributed by atoms with E-state index in [4.69, 9.17) is 4.74 Å². The van der Waals surface area contributed by atoms with Gasteiger partial charge in [-0.1, -0.05) is 48.5 Å². The maximum atomic E-state index is 12.7. The first-order valence-corrected chi connectivity index (χ1v) is 9.63. The average Bonchev–Trinajstić information content (AvgIpc) is 2.70. The minimum absolute atomic E-state index is 0.0304. The summed E-state index contributed by atoms with van der Waals surface area (Å²) in [6, 6.07) is 21.7. The first-order valence-electron chi connectivity index (χ1n) is 8.84. The number of carbonyl (C=O) groups excluding carboxylic acids is 1. The van der Waals surface area contributed by atoms with Crippen molar-refractivity contribution in [1.29, 1.82) is 0 Å². The van der Waals surface area contributed by atoms with E-state index in [0.29, 0.717) is 12.4 Å². The Balaban J connectivity index is 1.68. The summed E-state index contributed by atoms with van der Waals surface area (Å²) in [7, 11) is 0. The van der Waals surface area contributed by atoms with Crippen molar-refractivity contribution in [2.45, 2.75) is 13.3 Å². The normalized spacial score (nSPS) is 10.4. The number of likely N-dealkylation sites (N-methyl/N-ethyl adjacent to an activating group) is 1. The van der Waals surface area contributed by atoms with Crippen LogP contribution in [0.4, 0.5) is 5.82 Å². The molecule has 0 aliphatic carbocycles. The van der Waals surface area contributed by atoms with E-state index >= 15 is 0 Å². The largest absolute Gasteiger partial charge is 0.483 e. The fourth-order valence-electron chi connectivity index (χ4n) is 2.82. The van der Waals surface area contributed by atoms with Crippen molar-refractivity contribution in [1.82, 2.24) is 4.98 Å². The number of hydrogen-bond acceptors (Lipinski definition) is 3. The Morgan fingerprint density at radius 2 is 1.78 bits per heavy atom. The van der Waals surface area contributed by atoms with Crippen molar-refractivity contribution in [2.75, 3.05) is 18.1 Å². The molecule has 1 aromatic heterocycles. The van der Waals surface area contributed by atoms with E-state index in [0.717, 1.165) is 22.2 Å². The quantitative estimate of drug-likeness (QED) is 0.543. The van der Waals surface area contributed by atoms with Crippen LogP contribution in [0.15, 0.2) is 77.4 Å². The number of carbonyl (C=O) groups is 1. The van der Waals surface area contributed by atoms with Gasteiger partial charge in [0, 0.05) is 23.6 Å². The SMILES string of the molecule is CCN(C(=O)COc1ccccc1Cc1ccccc1)c1ccc(Br)cn1. The number of hydrogen-bond donors (Lipinski definition) is 0. The molecule has 0 aliphatic heterocycles. The van der Waals surface area contributed by atoms with Gasteiger partial charge in [0.2, 0.25) is 0 Å². The van der Waals surface area contributed by atoms with E-state index in [1.54, 1.807) is 11.1 Å². The molecule has 0 atom stereocenters. The van der Waals surface area contributed by atoms with E-state index in [1.165, 1.54) is 5.56 Å². The molecule has 0 saturated carbocycles. The van der Waals surface area contributed by atoms with Gasteiger partial charge in [0.1, 0.15) is 11.6 Å². The molecule has 3 rings (SSSR count). The molecular formula is C22H21BrN2O2. The van der Waals surface area contributed by atoms with Crippen LogP contribution >= 0.6 is 15.9 Å². The summed E-state index contributed by atoms with van der Waals surface area (Å²) in [6.45, 7) is 2.42. The molecule has 5 heteroatoms. The molecule has 4 nitrogen and oxygen atoms in total. The number of aromatic nitrogens is 1. The number of anilines is 1. The predicted molar refractivity (Wildman–Crippen MR) is 111 cm³/mol. The highest BCUT2D eigenvalue weighted by Crippen LogP contribution is 2.22. The molecule has 0 N–H and O–H groups in total. The molecule has 0 bridgehead atoms. The van der Waals surface area contributed by atoms with E-state index in [9.17, 15) is 4.79 Å². The monoisotopic (exact) mass is 424 g/mol. The Morgan fingerprint density at radius 1 is 1.04 bits per heavy atom. The van der Waals surface area contributed by atoms with Gasteiger partial charge >= 0.3 is 0 Å².